The molecule has 1 nitrogen and oxygen atoms in total. The van der Waals surface area contributed by atoms with Gasteiger partial charge in [0.15, 0.2) is 0 Å². The first-order chi connectivity index (χ1) is 6.47. The molecule has 1 heteroatoms. The third-order valence-electron chi connectivity index (χ3n) is 4.83. The molecule has 0 heterocycles. The molecular weight excluding hydrogens is 170 g/mol. The molecule has 76 valence electrons. The van der Waals surface area contributed by atoms with Gasteiger partial charge < -0.3 is 4.85 Å². The summed E-state index contributed by atoms with van der Waals surface area (Å²) in [5.74, 6) is 0.871. The summed E-state index contributed by atoms with van der Waals surface area (Å²) in [6.07, 6.45) is 7.78. The van der Waals surface area contributed by atoms with E-state index in [0.717, 1.165) is 5.92 Å². The maximum Gasteiger partial charge on any atom is 0.234 e. The van der Waals surface area contributed by atoms with E-state index in [1.807, 2.05) is 0 Å². The highest BCUT2D eigenvalue weighted by Crippen LogP contribution is 2.67. The third kappa shape index (κ3) is 1.00. The molecule has 0 radical (unpaired) electrons. The van der Waals surface area contributed by atoms with Crippen LogP contribution in [0.25, 0.3) is 4.85 Å². The van der Waals surface area contributed by atoms with E-state index >= 15 is 0 Å². The summed E-state index contributed by atoms with van der Waals surface area (Å²) in [6.45, 7) is 12.3. The van der Waals surface area contributed by atoms with E-state index in [2.05, 4.69) is 18.7 Å². The highest BCUT2D eigenvalue weighted by Gasteiger charge is 2.63. The molecule has 0 aliphatic heterocycles. The van der Waals surface area contributed by atoms with Crippen LogP contribution in [0.2, 0.25) is 0 Å². The molecule has 4 rings (SSSR count). The van der Waals surface area contributed by atoms with Gasteiger partial charge in [0.2, 0.25) is 5.54 Å². The van der Waals surface area contributed by atoms with Crippen molar-refractivity contribution in [2.45, 2.75) is 57.9 Å². The van der Waals surface area contributed by atoms with Crippen LogP contribution < -0.4 is 0 Å². The summed E-state index contributed by atoms with van der Waals surface area (Å²) in [7, 11) is 0. The molecule has 0 aromatic carbocycles. The zero-order valence-corrected chi connectivity index (χ0v) is 9.27. The van der Waals surface area contributed by atoms with Gasteiger partial charge in [-0.3, -0.25) is 0 Å². The molecule has 0 amide bonds. The van der Waals surface area contributed by atoms with Crippen molar-refractivity contribution in [2.24, 2.45) is 16.7 Å². The molecule has 0 saturated heterocycles. The molecule has 4 saturated carbocycles. The molecule has 4 aliphatic carbocycles. The van der Waals surface area contributed by atoms with Crippen LogP contribution in [-0.4, -0.2) is 5.54 Å². The first-order valence-electron chi connectivity index (χ1n) is 5.85. The minimum absolute atomic E-state index is 0.0584. The quantitative estimate of drug-likeness (QED) is 0.512. The molecule has 0 N–H and O–H groups in total. The maximum atomic E-state index is 7.48. The molecule has 0 aromatic heterocycles. The van der Waals surface area contributed by atoms with Gasteiger partial charge in [0, 0.05) is 19.3 Å². The van der Waals surface area contributed by atoms with Crippen LogP contribution in [0.4, 0.5) is 0 Å². The Morgan fingerprint density at radius 3 is 2.00 bits per heavy atom. The number of nitrogens with zero attached hydrogens (tertiary/aromatic N) is 1. The lowest BCUT2D eigenvalue weighted by molar-refractivity contribution is -0.0919. The van der Waals surface area contributed by atoms with Crippen LogP contribution in [0.3, 0.4) is 0 Å². The smallest absolute Gasteiger partial charge is 0.234 e. The van der Waals surface area contributed by atoms with Gasteiger partial charge in [0.05, 0.1) is 0 Å². The van der Waals surface area contributed by atoms with Gasteiger partial charge in [-0.25, -0.2) is 6.57 Å². The van der Waals surface area contributed by atoms with Crippen LogP contribution in [0, 0.1) is 23.3 Å². The van der Waals surface area contributed by atoms with E-state index in [9.17, 15) is 0 Å². The molecule has 0 unspecified atom stereocenters. The number of hydrogen-bond acceptors (Lipinski definition) is 0. The first-order valence-corrected chi connectivity index (χ1v) is 5.85. The van der Waals surface area contributed by atoms with E-state index in [0.29, 0.717) is 10.8 Å². The van der Waals surface area contributed by atoms with Crippen LogP contribution in [0.1, 0.15) is 52.4 Å². The van der Waals surface area contributed by atoms with Gasteiger partial charge in [-0.2, -0.15) is 0 Å². The normalized spacial score (nSPS) is 59.9. The lowest BCUT2D eigenvalue weighted by Gasteiger charge is -2.60. The van der Waals surface area contributed by atoms with Crippen molar-refractivity contribution in [2.75, 3.05) is 0 Å². The second-order valence-corrected chi connectivity index (χ2v) is 6.97. The van der Waals surface area contributed by atoms with E-state index < -0.39 is 0 Å². The zero-order chi connectivity index (χ0) is 10.0. The average molecular weight is 189 g/mol. The van der Waals surface area contributed by atoms with Gasteiger partial charge >= 0.3 is 0 Å². The molecule has 0 spiro atoms. The molecule has 0 aromatic rings. The Kier molecular flexibility index (Phi) is 1.37. The summed E-state index contributed by atoms with van der Waals surface area (Å²) < 4.78 is 0. The van der Waals surface area contributed by atoms with Crippen LogP contribution in [0.15, 0.2) is 0 Å². The molecule has 4 fully saturated rings. The van der Waals surface area contributed by atoms with Gasteiger partial charge in [-0.05, 0) is 36.0 Å². The molecular formula is C13H19N. The van der Waals surface area contributed by atoms with Gasteiger partial charge in [-0.1, -0.05) is 13.8 Å². The first kappa shape index (κ1) is 8.77. The fraction of sp³-hybridized carbons (Fsp3) is 0.923. The number of hydrogen-bond donors (Lipinski definition) is 0. The van der Waals surface area contributed by atoms with Crippen molar-refractivity contribution in [1.29, 1.82) is 0 Å². The van der Waals surface area contributed by atoms with E-state index in [1.54, 1.807) is 0 Å². The van der Waals surface area contributed by atoms with Crippen molar-refractivity contribution in [3.63, 3.8) is 0 Å². The fourth-order valence-electron chi connectivity index (χ4n) is 5.51. The Morgan fingerprint density at radius 2 is 1.57 bits per heavy atom. The second-order valence-electron chi connectivity index (χ2n) is 6.97. The third-order valence-corrected chi connectivity index (χ3v) is 4.83. The SMILES string of the molecule is [C-]#[N+]C12CC3C[C@](C)(C1)C[C@](C)(C3)C2. The Hall–Kier alpha value is -0.510. The Bertz CT molecular complexity index is 307. The van der Waals surface area contributed by atoms with Crippen molar-refractivity contribution in [3.8, 4) is 0 Å². The topological polar surface area (TPSA) is 4.36 Å². The van der Waals surface area contributed by atoms with Crippen molar-refractivity contribution >= 4 is 0 Å². The van der Waals surface area contributed by atoms with Crippen molar-refractivity contribution in [3.05, 3.63) is 11.4 Å². The minimum Gasteiger partial charge on any atom is -0.310 e. The Morgan fingerprint density at radius 1 is 1.00 bits per heavy atom. The predicted molar refractivity (Wildman–Crippen MR) is 56.7 cm³/mol. The monoisotopic (exact) mass is 189 g/mol. The minimum atomic E-state index is 0.0584. The summed E-state index contributed by atoms with van der Waals surface area (Å²) in [6, 6.07) is 0. The molecule has 4 aliphatic rings. The largest absolute Gasteiger partial charge is 0.310 e. The lowest BCUT2D eigenvalue weighted by atomic mass is 9.43. The molecule has 14 heavy (non-hydrogen) atoms. The molecule has 4 bridgehead atoms. The van der Waals surface area contributed by atoms with Crippen LogP contribution in [-0.2, 0) is 0 Å². The number of rotatable bonds is 0. The Labute approximate surface area is 86.7 Å². The zero-order valence-electron chi connectivity index (χ0n) is 9.27. The lowest BCUT2D eigenvalue weighted by Crippen LogP contribution is -2.57. The highest BCUT2D eigenvalue weighted by atomic mass is 14.9. The summed E-state index contributed by atoms with van der Waals surface area (Å²) >= 11 is 0. The summed E-state index contributed by atoms with van der Waals surface area (Å²) in [4.78, 5) is 4.02. The highest BCUT2D eigenvalue weighted by molar-refractivity contribution is 5.18. The van der Waals surface area contributed by atoms with E-state index in [1.165, 1.54) is 38.5 Å². The fourth-order valence-corrected chi connectivity index (χ4v) is 5.51. The standard InChI is InChI=1S/C13H19N/c1-11-4-10-5-12(2,7-11)9-13(6-10,8-11)14-3/h10H,4-9H2,1-2H3/t10?,11-,12-,13?/m0/s1. The van der Waals surface area contributed by atoms with Crippen molar-refractivity contribution in [1.82, 2.24) is 0 Å². The van der Waals surface area contributed by atoms with Crippen LogP contribution in [0.5, 0.6) is 0 Å². The average Bonchev–Trinajstić information content (AvgIpc) is 1.97. The molecule has 2 atom stereocenters. The Balaban J connectivity index is 2.06. The second kappa shape index (κ2) is 2.18. The van der Waals surface area contributed by atoms with Crippen LogP contribution >= 0.6 is 0 Å². The van der Waals surface area contributed by atoms with E-state index in [-0.39, 0.29) is 5.54 Å². The van der Waals surface area contributed by atoms with Gasteiger partial charge in [0.25, 0.3) is 0 Å². The van der Waals surface area contributed by atoms with Gasteiger partial charge in [-0.15, -0.1) is 0 Å². The van der Waals surface area contributed by atoms with Crippen molar-refractivity contribution < 1.29 is 0 Å². The summed E-state index contributed by atoms with van der Waals surface area (Å²) in [5, 5.41) is 0. The van der Waals surface area contributed by atoms with Gasteiger partial charge in [0.1, 0.15) is 0 Å². The summed E-state index contributed by atoms with van der Waals surface area (Å²) in [5.41, 5.74) is 1.08. The predicted octanol–water partition coefficient (Wildman–Crippen LogP) is 3.65. The maximum absolute atomic E-state index is 7.48. The van der Waals surface area contributed by atoms with E-state index in [4.69, 9.17) is 6.57 Å².